The molecule has 1 aliphatic rings. The summed E-state index contributed by atoms with van der Waals surface area (Å²) in [5, 5.41) is 6.88. The first-order valence-electron chi connectivity index (χ1n) is 15.6. The molecule has 0 spiro atoms. The molecule has 0 saturated carbocycles. The molecule has 0 unspecified atom stereocenters. The molecule has 0 bridgehead atoms. The Balaban J connectivity index is 1.69. The Morgan fingerprint density at radius 3 is 2.40 bits per heavy atom. The number of para-hydroxylation sites is 1. The van der Waals surface area contributed by atoms with Gasteiger partial charge >= 0.3 is 25.7 Å². The lowest BCUT2D eigenvalue weighted by Gasteiger charge is -2.33. The summed E-state index contributed by atoms with van der Waals surface area (Å²) in [5.74, 6) is -2.05. The number of benzene rings is 1. The lowest BCUT2D eigenvalue weighted by atomic mass is 9.95. The molecule has 3 N–H and O–H groups in total. The average molecular weight is 693 g/mol. The number of nitrogens with zero attached hydrogens (tertiary/aromatic N) is 2. The van der Waals surface area contributed by atoms with Crippen molar-refractivity contribution in [3.63, 3.8) is 0 Å². The molecule has 48 heavy (non-hydrogen) atoms. The normalized spacial score (nSPS) is 22.6. The van der Waals surface area contributed by atoms with E-state index in [2.05, 4.69) is 10.2 Å². The molecule has 14 nitrogen and oxygen atoms in total. The van der Waals surface area contributed by atoms with E-state index in [1.54, 1.807) is 36.4 Å². The van der Waals surface area contributed by atoms with Crippen LogP contribution in [-0.4, -0.2) is 71.3 Å². The topological polar surface area (TPSA) is 179 Å². The zero-order valence-electron chi connectivity index (χ0n) is 27.5. The number of halogens is 1. The Morgan fingerprint density at radius 1 is 1.08 bits per heavy atom. The Kier molecular flexibility index (Phi) is 12.2. The smallest absolute Gasteiger partial charge is 0.459 e. The van der Waals surface area contributed by atoms with Gasteiger partial charge in [-0.05, 0) is 43.2 Å². The van der Waals surface area contributed by atoms with Crippen molar-refractivity contribution >= 4 is 36.9 Å². The number of aromatic nitrogens is 2. The maximum Gasteiger partial charge on any atom is 0.459 e. The van der Waals surface area contributed by atoms with Gasteiger partial charge in [-0.15, -0.1) is 0 Å². The number of hydrogen-bond donors (Lipinski definition) is 2. The number of rotatable bonds is 16. The molecule has 6 atom stereocenters. The van der Waals surface area contributed by atoms with Gasteiger partial charge in [0.15, 0.2) is 17.8 Å². The van der Waals surface area contributed by atoms with Crippen molar-refractivity contribution in [2.75, 3.05) is 25.6 Å². The van der Waals surface area contributed by atoms with Crippen LogP contribution in [0.2, 0.25) is 0 Å². The second-order valence-corrected chi connectivity index (χ2v) is 13.2. The highest BCUT2D eigenvalue weighted by molar-refractivity contribution is 7.52. The van der Waals surface area contributed by atoms with Gasteiger partial charge < -0.3 is 29.2 Å². The number of carbonyl (C=O) groups excluding carboxylic acids is 3. The molecule has 1 fully saturated rings. The third-order valence-electron chi connectivity index (χ3n) is 7.98. The maximum absolute atomic E-state index is 15.4. The van der Waals surface area contributed by atoms with E-state index in [0.717, 1.165) is 26.7 Å². The van der Waals surface area contributed by atoms with Gasteiger partial charge in [0.2, 0.25) is 0 Å². The average Bonchev–Trinajstić information content (AvgIpc) is 3.60. The number of esters is 3. The van der Waals surface area contributed by atoms with Crippen LogP contribution < -0.4 is 15.3 Å². The summed E-state index contributed by atoms with van der Waals surface area (Å²) in [7, 11) is -4.53. The number of anilines is 1. The summed E-state index contributed by atoms with van der Waals surface area (Å²) in [4.78, 5) is 37.5. The predicted molar refractivity (Wildman–Crippen MR) is 172 cm³/mol. The van der Waals surface area contributed by atoms with Crippen molar-refractivity contribution in [1.29, 1.82) is 0 Å². The first-order valence-corrected chi connectivity index (χ1v) is 17.1. The zero-order chi connectivity index (χ0) is 35.1. The van der Waals surface area contributed by atoms with E-state index in [9.17, 15) is 18.9 Å². The summed E-state index contributed by atoms with van der Waals surface area (Å²) in [5.41, 5.74) is 5.09. The van der Waals surface area contributed by atoms with E-state index in [-0.39, 0.29) is 18.3 Å². The number of alkyl halides is 1. The van der Waals surface area contributed by atoms with E-state index in [0.29, 0.717) is 16.9 Å². The van der Waals surface area contributed by atoms with Crippen LogP contribution >= 0.6 is 7.75 Å². The molecule has 4 rings (SSSR count). The molecule has 16 heteroatoms. The second kappa shape index (κ2) is 15.9. The van der Waals surface area contributed by atoms with Gasteiger partial charge in [0.1, 0.15) is 24.6 Å². The molecule has 0 radical (unpaired) electrons. The summed E-state index contributed by atoms with van der Waals surface area (Å²) in [6.07, 6.45) is -1.19. The van der Waals surface area contributed by atoms with Crippen molar-refractivity contribution in [1.82, 2.24) is 14.7 Å². The van der Waals surface area contributed by atoms with Crippen LogP contribution in [0.3, 0.4) is 0 Å². The fourth-order valence-corrected chi connectivity index (χ4v) is 6.87. The SMILES string of the molecule is CCC(CC)COC(=O)[C@H](C)N[P@](=O)(OC[C@@]1(CF)O[C@@H](c2ccc3c(N)ccnn23)[C@H](OC(C)=O)[C@@H]1OC(C)=O)Oc1ccccc1. The molecule has 1 saturated heterocycles. The van der Waals surface area contributed by atoms with Gasteiger partial charge in [0.05, 0.1) is 30.1 Å². The van der Waals surface area contributed by atoms with E-state index >= 15 is 4.39 Å². The van der Waals surface area contributed by atoms with E-state index in [4.69, 9.17) is 33.7 Å². The standard InChI is InChI=1S/C32H42FN4O10P/c1-6-23(7-2)17-42-31(40)20(3)36-48(41,47-24-11-9-8-10-12-24)43-19-32(18-33)30(45-22(5)39)29(44-21(4)38)28(46-32)27-14-13-26-25(34)15-16-35-37(26)27/h8-16,20,23,28-30H,6-7,17-19,34H2,1-5H3,(H,36,41)/t20-,28-,29-,30-,32+,48-/m0/s1. The molecule has 0 aliphatic carbocycles. The number of fused-ring (bicyclic) bond motifs is 1. The first-order chi connectivity index (χ1) is 22.8. The van der Waals surface area contributed by atoms with Gasteiger partial charge in [0, 0.05) is 20.0 Å². The highest BCUT2D eigenvalue weighted by atomic mass is 31.2. The lowest BCUT2D eigenvalue weighted by molar-refractivity contribution is -0.172. The van der Waals surface area contributed by atoms with Crippen molar-refractivity contribution in [3.05, 3.63) is 60.4 Å². The van der Waals surface area contributed by atoms with Crippen LogP contribution in [0.15, 0.2) is 54.7 Å². The molecular weight excluding hydrogens is 650 g/mol. The minimum Gasteiger partial charge on any atom is -0.464 e. The van der Waals surface area contributed by atoms with Gasteiger partial charge in [-0.2, -0.15) is 10.2 Å². The van der Waals surface area contributed by atoms with E-state index in [1.165, 1.54) is 29.8 Å². The number of nitrogens with one attached hydrogen (secondary N) is 1. The van der Waals surface area contributed by atoms with Crippen LogP contribution in [0.4, 0.5) is 10.1 Å². The molecule has 1 aromatic carbocycles. The van der Waals surface area contributed by atoms with Crippen LogP contribution in [0.25, 0.3) is 5.52 Å². The minimum atomic E-state index is -4.53. The third kappa shape index (κ3) is 8.51. The Bertz CT molecular complexity index is 1620. The molecule has 1 aliphatic heterocycles. The minimum absolute atomic E-state index is 0.114. The Hall–Kier alpha value is -4.04. The molecule has 0 amide bonds. The van der Waals surface area contributed by atoms with Gasteiger partial charge in [0.25, 0.3) is 0 Å². The molecule has 2 aromatic heterocycles. The molecule has 3 heterocycles. The Labute approximate surface area is 277 Å². The zero-order valence-corrected chi connectivity index (χ0v) is 28.4. The summed E-state index contributed by atoms with van der Waals surface area (Å²) < 4.78 is 65.5. The number of ether oxygens (including phenoxy) is 4. The van der Waals surface area contributed by atoms with Crippen molar-refractivity contribution in [2.24, 2.45) is 5.92 Å². The highest BCUT2D eigenvalue weighted by Gasteiger charge is 2.61. The van der Waals surface area contributed by atoms with Gasteiger partial charge in [-0.1, -0.05) is 44.9 Å². The number of hydrogen-bond acceptors (Lipinski definition) is 12. The number of nitrogen functional groups attached to an aromatic ring is 1. The Morgan fingerprint density at radius 2 is 1.77 bits per heavy atom. The molecule has 3 aromatic rings. The fraction of sp³-hybridized carbons (Fsp3) is 0.500. The second-order valence-electron chi connectivity index (χ2n) is 11.5. The quantitative estimate of drug-likeness (QED) is 0.120. The highest BCUT2D eigenvalue weighted by Crippen LogP contribution is 2.50. The fourth-order valence-electron chi connectivity index (χ4n) is 5.32. The lowest BCUT2D eigenvalue weighted by Crippen LogP contribution is -2.52. The summed E-state index contributed by atoms with van der Waals surface area (Å²) in [6.45, 7) is 5.58. The van der Waals surface area contributed by atoms with E-state index < -0.39 is 68.9 Å². The summed E-state index contributed by atoms with van der Waals surface area (Å²) in [6, 6.07) is 11.6. The van der Waals surface area contributed by atoms with Crippen molar-refractivity contribution in [3.8, 4) is 5.75 Å². The van der Waals surface area contributed by atoms with Crippen molar-refractivity contribution in [2.45, 2.75) is 77.4 Å². The predicted octanol–water partition coefficient (Wildman–Crippen LogP) is 4.72. The maximum atomic E-state index is 15.4. The third-order valence-corrected chi connectivity index (χ3v) is 9.60. The van der Waals surface area contributed by atoms with Crippen molar-refractivity contribution < 1.29 is 51.3 Å². The number of nitrogens with two attached hydrogens (primary N) is 1. The molecular formula is C32H42FN4O10P. The van der Waals surface area contributed by atoms with Crippen LogP contribution in [0.5, 0.6) is 5.75 Å². The summed E-state index contributed by atoms with van der Waals surface area (Å²) >= 11 is 0. The van der Waals surface area contributed by atoms with Crippen LogP contribution in [0.1, 0.15) is 59.3 Å². The van der Waals surface area contributed by atoms with Gasteiger partial charge in [-0.3, -0.25) is 18.9 Å². The first kappa shape index (κ1) is 36.8. The monoisotopic (exact) mass is 692 g/mol. The van der Waals surface area contributed by atoms with Crippen LogP contribution in [0, 0.1) is 5.92 Å². The van der Waals surface area contributed by atoms with Gasteiger partial charge in [-0.25, -0.2) is 13.5 Å². The molecule has 262 valence electrons. The van der Waals surface area contributed by atoms with Crippen LogP contribution in [-0.2, 0) is 42.4 Å². The largest absolute Gasteiger partial charge is 0.464 e. The van der Waals surface area contributed by atoms with E-state index in [1.807, 2.05) is 13.8 Å². The number of carbonyl (C=O) groups is 3.